The highest BCUT2D eigenvalue weighted by Gasteiger charge is 2.51. The minimum absolute atomic E-state index is 0.0164. The van der Waals surface area contributed by atoms with Crippen molar-refractivity contribution in [3.8, 4) is 5.75 Å². The molecule has 63 heavy (non-hydrogen) atoms. The van der Waals surface area contributed by atoms with Crippen LogP contribution in [-0.4, -0.2) is 92.3 Å². The number of rotatable bonds is 8. The van der Waals surface area contributed by atoms with Crippen molar-refractivity contribution >= 4 is 68.4 Å². The van der Waals surface area contributed by atoms with Gasteiger partial charge in [-0.2, -0.15) is 10.1 Å². The van der Waals surface area contributed by atoms with E-state index in [1.165, 1.54) is 34.6 Å². The van der Waals surface area contributed by atoms with Gasteiger partial charge in [0.05, 0.1) is 40.7 Å². The van der Waals surface area contributed by atoms with Gasteiger partial charge in [0, 0.05) is 57.0 Å². The van der Waals surface area contributed by atoms with Crippen LogP contribution in [0.2, 0.25) is 5.02 Å². The summed E-state index contributed by atoms with van der Waals surface area (Å²) in [7, 11) is 3.13. The van der Waals surface area contributed by atoms with Crippen LogP contribution in [0.1, 0.15) is 74.5 Å². The summed E-state index contributed by atoms with van der Waals surface area (Å²) >= 11 is 6.55. The Labute approximate surface area is 364 Å². The third-order valence-electron chi connectivity index (χ3n) is 13.7. The molecule has 7 heterocycles. The number of anilines is 4. The molecule has 3 saturated heterocycles. The highest BCUT2D eigenvalue weighted by Crippen LogP contribution is 2.46. The quantitative estimate of drug-likeness (QED) is 0.113. The van der Waals surface area contributed by atoms with Crippen LogP contribution in [0.4, 0.5) is 40.7 Å². The summed E-state index contributed by atoms with van der Waals surface area (Å²) in [6, 6.07) is 5.11. The molecule has 332 valence electrons. The first-order valence-corrected chi connectivity index (χ1v) is 22.0. The van der Waals surface area contributed by atoms with Crippen LogP contribution in [0.3, 0.4) is 0 Å². The van der Waals surface area contributed by atoms with Crippen LogP contribution >= 0.6 is 11.6 Å². The zero-order valence-corrected chi connectivity index (χ0v) is 35.6. The number of hydrogen-bond donors (Lipinski definition) is 3. The maximum atomic E-state index is 16.2. The number of nitrogens with zero attached hydrogens (tertiary/aromatic N) is 7. The lowest BCUT2D eigenvalue weighted by molar-refractivity contribution is -0.134. The molecule has 1 unspecified atom stereocenters. The van der Waals surface area contributed by atoms with Crippen molar-refractivity contribution in [2.45, 2.75) is 75.2 Å². The lowest BCUT2D eigenvalue weighted by atomic mass is 9.86. The number of carbonyl (C=O) groups excluding carboxylic acids is 2. The number of alkyl halides is 2. The van der Waals surface area contributed by atoms with E-state index in [2.05, 4.69) is 40.8 Å². The van der Waals surface area contributed by atoms with Gasteiger partial charge in [0.15, 0.2) is 18.2 Å². The van der Waals surface area contributed by atoms with Crippen molar-refractivity contribution in [3.05, 3.63) is 68.7 Å². The van der Waals surface area contributed by atoms with Gasteiger partial charge in [-0.05, 0) is 87.4 Å². The fourth-order valence-electron chi connectivity index (χ4n) is 10.0. The Morgan fingerprint density at radius 2 is 1.73 bits per heavy atom. The van der Waals surface area contributed by atoms with E-state index in [0.717, 1.165) is 45.3 Å². The van der Waals surface area contributed by atoms with E-state index in [-0.39, 0.29) is 63.5 Å². The van der Waals surface area contributed by atoms with E-state index in [9.17, 15) is 14.4 Å². The van der Waals surface area contributed by atoms with Crippen molar-refractivity contribution in [1.82, 2.24) is 34.5 Å². The van der Waals surface area contributed by atoms with Crippen molar-refractivity contribution < 1.29 is 31.9 Å². The van der Waals surface area contributed by atoms with Crippen LogP contribution in [0.5, 0.6) is 5.75 Å². The maximum absolute atomic E-state index is 16.2. The Hall–Kier alpha value is -5.49. The SMILES string of the molecule is Cn1nc(C2CCC(=O)NC2=O)c2ccc(C3CCN(CC4CCN(c5ncc(Cl)c(Nc6cc7c8c(c(=O)n(C)c7cc6F)OCC(F)(F)[C@H](C6CC6)N8)n5)CC4)CC3)c(F)c21. The molecule has 1 saturated carbocycles. The van der Waals surface area contributed by atoms with Gasteiger partial charge >= 0.3 is 5.92 Å². The van der Waals surface area contributed by atoms with Gasteiger partial charge in [-0.15, -0.1) is 0 Å². The van der Waals surface area contributed by atoms with Crippen molar-refractivity contribution in [1.29, 1.82) is 0 Å². The molecule has 2 aromatic carbocycles. The zero-order valence-electron chi connectivity index (χ0n) is 34.8. The third kappa shape index (κ3) is 7.61. The summed E-state index contributed by atoms with van der Waals surface area (Å²) < 4.78 is 70.4. The number of imide groups is 1. The van der Waals surface area contributed by atoms with E-state index in [1.807, 2.05) is 12.1 Å². The lowest BCUT2D eigenvalue weighted by Crippen LogP contribution is -2.44. The minimum Gasteiger partial charge on any atom is -0.480 e. The van der Waals surface area contributed by atoms with Crippen LogP contribution < -0.4 is 31.1 Å². The fourth-order valence-corrected chi connectivity index (χ4v) is 10.2. The summed E-state index contributed by atoms with van der Waals surface area (Å²) in [5.74, 6) is -4.93. The van der Waals surface area contributed by atoms with Crippen molar-refractivity contribution in [3.63, 3.8) is 0 Å². The summed E-state index contributed by atoms with van der Waals surface area (Å²) in [5, 5.41) is 13.9. The van der Waals surface area contributed by atoms with Crippen LogP contribution in [0.25, 0.3) is 21.8 Å². The molecule has 3 aromatic heterocycles. The van der Waals surface area contributed by atoms with Gasteiger partial charge < -0.3 is 29.7 Å². The molecule has 4 fully saturated rings. The number of ether oxygens (including phenoxy) is 1. The predicted octanol–water partition coefficient (Wildman–Crippen LogP) is 6.72. The summed E-state index contributed by atoms with van der Waals surface area (Å²) in [4.78, 5) is 51.2. The molecule has 10 rings (SSSR count). The topological polar surface area (TPSA) is 152 Å². The molecule has 1 aliphatic carbocycles. The summed E-state index contributed by atoms with van der Waals surface area (Å²) in [6.45, 7) is 3.05. The Kier molecular flexibility index (Phi) is 10.5. The number of aryl methyl sites for hydroxylation is 2. The van der Waals surface area contributed by atoms with Gasteiger partial charge in [-0.3, -0.25) is 24.4 Å². The first-order valence-electron chi connectivity index (χ1n) is 21.6. The number of benzene rings is 2. The number of hydrogen-bond acceptors (Lipinski definition) is 11. The Bertz CT molecular complexity index is 2730. The molecule has 2 atom stereocenters. The zero-order chi connectivity index (χ0) is 43.9. The van der Waals surface area contributed by atoms with Crippen LogP contribution in [-0.2, 0) is 23.7 Å². The standard InChI is InChI=1S/C44H47ClF4N10O4/c1-56-32-18-30(46)31(17-28(32)36-38(42(56)62)63-21-44(48,49)39(53-36)24-3-4-24)51-40-29(45)19-50-43(54-40)59-15-9-22(10-16-59)20-58-13-11-23(12-14-58)25-5-6-26-35(55-57(2)37(26)34(25)47)27-7-8-33(60)52-41(27)61/h5-6,17-19,22-24,27,39,53H,3-4,7-16,20-21H2,1-2H3,(H,50,51,54)(H,52,60,61)/t27?,39-/m0/s1. The van der Waals surface area contributed by atoms with E-state index in [1.54, 1.807) is 7.05 Å². The molecule has 2 amide bonds. The van der Waals surface area contributed by atoms with E-state index in [0.29, 0.717) is 71.8 Å². The maximum Gasteiger partial charge on any atom is 0.301 e. The molecule has 5 aliphatic rings. The van der Waals surface area contributed by atoms with Gasteiger partial charge in [-0.1, -0.05) is 23.7 Å². The second kappa shape index (κ2) is 15.9. The number of piperidine rings is 3. The molecule has 0 bridgehead atoms. The number of likely N-dealkylation sites (tertiary alicyclic amines) is 1. The summed E-state index contributed by atoms with van der Waals surface area (Å²) in [5.41, 5.74) is 1.19. The summed E-state index contributed by atoms with van der Waals surface area (Å²) in [6.07, 6.45) is 6.72. The highest BCUT2D eigenvalue weighted by atomic mass is 35.5. The fraction of sp³-hybridized carbons (Fsp3) is 0.500. The Morgan fingerprint density at radius 1 is 0.968 bits per heavy atom. The number of pyridine rings is 1. The van der Waals surface area contributed by atoms with Gasteiger partial charge in [0.2, 0.25) is 23.5 Å². The van der Waals surface area contributed by atoms with Crippen LogP contribution in [0.15, 0.2) is 35.3 Å². The molecule has 0 radical (unpaired) electrons. The average Bonchev–Trinajstić information content (AvgIpc) is 4.06. The van der Waals surface area contributed by atoms with Crippen LogP contribution in [0, 0.1) is 23.5 Å². The number of amides is 2. The molecular formula is C44H47ClF4N10O4. The monoisotopic (exact) mass is 890 g/mol. The van der Waals surface area contributed by atoms with Crippen molar-refractivity contribution in [2.75, 3.05) is 54.9 Å². The molecule has 14 nitrogen and oxygen atoms in total. The largest absolute Gasteiger partial charge is 0.480 e. The number of aromatic nitrogens is 5. The predicted molar refractivity (Wildman–Crippen MR) is 229 cm³/mol. The highest BCUT2D eigenvalue weighted by molar-refractivity contribution is 6.33. The number of nitrogens with one attached hydrogen (secondary N) is 3. The molecular weight excluding hydrogens is 844 g/mol. The first kappa shape index (κ1) is 41.5. The molecule has 19 heteroatoms. The normalized spacial score (nSPS) is 22.4. The number of fused-ring (bicyclic) bond motifs is 4. The Balaban J connectivity index is 0.781. The van der Waals surface area contributed by atoms with Crippen molar-refractivity contribution in [2.24, 2.45) is 25.9 Å². The smallest absolute Gasteiger partial charge is 0.301 e. The second-order valence-corrected chi connectivity index (χ2v) is 18.2. The van der Waals surface area contributed by atoms with Gasteiger partial charge in [0.1, 0.15) is 16.4 Å². The molecule has 4 aliphatic heterocycles. The van der Waals surface area contributed by atoms with Gasteiger partial charge in [-0.25, -0.2) is 22.5 Å². The number of halogens is 5. The molecule has 3 N–H and O–H groups in total. The minimum atomic E-state index is -3.22. The third-order valence-corrected chi connectivity index (χ3v) is 14.0. The van der Waals surface area contributed by atoms with E-state index < -0.39 is 41.8 Å². The Morgan fingerprint density at radius 3 is 2.46 bits per heavy atom. The molecule has 0 spiro atoms. The van der Waals surface area contributed by atoms with Gasteiger partial charge in [0.25, 0.3) is 5.56 Å². The van der Waals surface area contributed by atoms with E-state index in [4.69, 9.17) is 16.3 Å². The lowest BCUT2D eigenvalue weighted by Gasteiger charge is -2.38. The first-order chi connectivity index (χ1) is 30.2. The average molecular weight is 891 g/mol. The second-order valence-electron chi connectivity index (χ2n) is 17.8. The number of carbonyl (C=O) groups is 2. The van der Waals surface area contributed by atoms with E-state index >= 15 is 17.6 Å². The molecule has 5 aromatic rings.